The van der Waals surface area contributed by atoms with Gasteiger partial charge in [0.15, 0.2) is 0 Å². The summed E-state index contributed by atoms with van der Waals surface area (Å²) in [4.78, 5) is 11.5. The molecule has 0 bridgehead atoms. The van der Waals surface area contributed by atoms with Gasteiger partial charge in [-0.2, -0.15) is 0 Å². The minimum absolute atomic E-state index is 0.107. The van der Waals surface area contributed by atoms with Gasteiger partial charge in [0.25, 0.3) is 0 Å². The molecule has 13 heavy (non-hydrogen) atoms. The molecule has 1 aromatic heterocycles. The average Bonchev–Trinajstić information content (AvgIpc) is 2.70. The summed E-state index contributed by atoms with van der Waals surface area (Å²) in [6, 6.07) is 1.75. The lowest BCUT2D eigenvalue weighted by atomic mass is 10.1. The molecule has 1 heterocycles. The third kappa shape index (κ3) is 1.71. The second-order valence-corrected chi connectivity index (χ2v) is 3.73. The Morgan fingerprint density at radius 2 is 2.54 bits per heavy atom. The standard InChI is InChI=1S/C9H12N2O2/c1-9(3-4-9)8(12)10-6-7-2-5-13-11-7/h2,5H,3-4,6H2,1H3,(H,10,12). The predicted molar refractivity (Wildman–Crippen MR) is 45.7 cm³/mol. The Bertz CT molecular complexity index is 301. The summed E-state index contributed by atoms with van der Waals surface area (Å²) in [5.74, 6) is 0.121. The van der Waals surface area contributed by atoms with Gasteiger partial charge < -0.3 is 9.84 Å². The van der Waals surface area contributed by atoms with Gasteiger partial charge in [-0.3, -0.25) is 4.79 Å². The molecule has 1 amide bonds. The molecule has 0 atom stereocenters. The Balaban J connectivity index is 1.83. The van der Waals surface area contributed by atoms with Gasteiger partial charge in [-0.25, -0.2) is 0 Å². The highest BCUT2D eigenvalue weighted by atomic mass is 16.5. The first kappa shape index (κ1) is 8.29. The number of amides is 1. The summed E-state index contributed by atoms with van der Waals surface area (Å²) in [5.41, 5.74) is 0.654. The molecule has 0 saturated heterocycles. The van der Waals surface area contributed by atoms with Gasteiger partial charge >= 0.3 is 0 Å². The molecule has 0 spiro atoms. The van der Waals surface area contributed by atoms with Crippen LogP contribution in [0.1, 0.15) is 25.5 Å². The maximum absolute atomic E-state index is 11.5. The van der Waals surface area contributed by atoms with Crippen LogP contribution in [0.25, 0.3) is 0 Å². The van der Waals surface area contributed by atoms with Crippen LogP contribution in [0.4, 0.5) is 0 Å². The van der Waals surface area contributed by atoms with E-state index in [4.69, 9.17) is 0 Å². The summed E-state index contributed by atoms with van der Waals surface area (Å²) < 4.78 is 4.65. The van der Waals surface area contributed by atoms with E-state index in [1.54, 1.807) is 6.07 Å². The van der Waals surface area contributed by atoms with Crippen LogP contribution in [0.3, 0.4) is 0 Å². The van der Waals surface area contributed by atoms with E-state index in [2.05, 4.69) is 15.0 Å². The summed E-state index contributed by atoms with van der Waals surface area (Å²) in [5, 5.41) is 6.53. The molecule has 1 aliphatic carbocycles. The first-order valence-corrected chi connectivity index (χ1v) is 4.38. The number of rotatable bonds is 3. The number of carbonyl (C=O) groups is 1. The van der Waals surface area contributed by atoms with Crippen LogP contribution in [0, 0.1) is 5.41 Å². The molecule has 0 aliphatic heterocycles. The highest BCUT2D eigenvalue weighted by Gasteiger charge is 2.44. The van der Waals surface area contributed by atoms with E-state index in [1.807, 2.05) is 6.92 Å². The fourth-order valence-electron chi connectivity index (χ4n) is 1.13. The zero-order valence-corrected chi connectivity index (χ0v) is 7.54. The van der Waals surface area contributed by atoms with Crippen molar-refractivity contribution >= 4 is 5.91 Å². The van der Waals surface area contributed by atoms with Crippen molar-refractivity contribution in [2.24, 2.45) is 5.41 Å². The molecule has 4 heteroatoms. The molecule has 1 aromatic rings. The molecule has 2 rings (SSSR count). The summed E-state index contributed by atoms with van der Waals surface area (Å²) >= 11 is 0. The van der Waals surface area contributed by atoms with E-state index in [9.17, 15) is 4.79 Å². The largest absolute Gasteiger partial charge is 0.364 e. The van der Waals surface area contributed by atoms with E-state index in [0.29, 0.717) is 6.54 Å². The van der Waals surface area contributed by atoms with Gasteiger partial charge in [-0.05, 0) is 12.8 Å². The number of carbonyl (C=O) groups excluding carboxylic acids is 1. The van der Waals surface area contributed by atoms with Crippen LogP contribution in [-0.4, -0.2) is 11.1 Å². The van der Waals surface area contributed by atoms with Crippen LogP contribution in [0.15, 0.2) is 16.9 Å². The fourth-order valence-corrected chi connectivity index (χ4v) is 1.13. The molecule has 0 radical (unpaired) electrons. The second kappa shape index (κ2) is 2.87. The molecule has 1 saturated carbocycles. The molecule has 4 nitrogen and oxygen atoms in total. The molecule has 0 aromatic carbocycles. The average molecular weight is 180 g/mol. The minimum atomic E-state index is -0.107. The van der Waals surface area contributed by atoms with E-state index >= 15 is 0 Å². The van der Waals surface area contributed by atoms with Crippen molar-refractivity contribution in [2.45, 2.75) is 26.3 Å². The van der Waals surface area contributed by atoms with Crippen molar-refractivity contribution in [1.29, 1.82) is 0 Å². The van der Waals surface area contributed by atoms with Crippen molar-refractivity contribution in [3.05, 3.63) is 18.0 Å². The quantitative estimate of drug-likeness (QED) is 0.757. The van der Waals surface area contributed by atoms with Gasteiger partial charge in [-0.1, -0.05) is 12.1 Å². The molecule has 1 fully saturated rings. The van der Waals surface area contributed by atoms with Crippen LogP contribution in [0.2, 0.25) is 0 Å². The molecule has 70 valence electrons. The van der Waals surface area contributed by atoms with Crippen LogP contribution < -0.4 is 5.32 Å². The Labute approximate surface area is 76.3 Å². The minimum Gasteiger partial charge on any atom is -0.364 e. The van der Waals surface area contributed by atoms with Crippen molar-refractivity contribution in [3.8, 4) is 0 Å². The molecule has 1 aliphatic rings. The lowest BCUT2D eigenvalue weighted by molar-refractivity contribution is -0.125. The van der Waals surface area contributed by atoms with E-state index in [1.165, 1.54) is 6.26 Å². The molecule has 1 N–H and O–H groups in total. The van der Waals surface area contributed by atoms with Gasteiger partial charge in [0.1, 0.15) is 12.0 Å². The third-order valence-corrected chi connectivity index (χ3v) is 2.47. The Morgan fingerprint density at radius 3 is 3.08 bits per heavy atom. The lowest BCUT2D eigenvalue weighted by Crippen LogP contribution is -2.29. The number of hydrogen-bond donors (Lipinski definition) is 1. The Morgan fingerprint density at radius 1 is 1.77 bits per heavy atom. The normalized spacial score (nSPS) is 18.2. The Hall–Kier alpha value is -1.32. The molecule has 0 unspecified atom stereocenters. The van der Waals surface area contributed by atoms with E-state index < -0.39 is 0 Å². The van der Waals surface area contributed by atoms with E-state index in [0.717, 1.165) is 18.5 Å². The maximum Gasteiger partial charge on any atom is 0.226 e. The first-order chi connectivity index (χ1) is 6.21. The number of aromatic nitrogens is 1. The summed E-state index contributed by atoms with van der Waals surface area (Å²) in [7, 11) is 0. The number of nitrogens with one attached hydrogen (secondary N) is 1. The lowest BCUT2D eigenvalue weighted by Gasteiger charge is -2.07. The molecular formula is C9H12N2O2. The van der Waals surface area contributed by atoms with Crippen LogP contribution >= 0.6 is 0 Å². The van der Waals surface area contributed by atoms with Crippen molar-refractivity contribution < 1.29 is 9.32 Å². The third-order valence-electron chi connectivity index (χ3n) is 2.47. The van der Waals surface area contributed by atoms with Gasteiger partial charge in [-0.15, -0.1) is 0 Å². The predicted octanol–water partition coefficient (Wildman–Crippen LogP) is 1.09. The van der Waals surface area contributed by atoms with Crippen LogP contribution in [-0.2, 0) is 11.3 Å². The highest BCUT2D eigenvalue weighted by molar-refractivity contribution is 5.84. The first-order valence-electron chi connectivity index (χ1n) is 4.38. The van der Waals surface area contributed by atoms with Gasteiger partial charge in [0.2, 0.25) is 5.91 Å². The van der Waals surface area contributed by atoms with Crippen LogP contribution in [0.5, 0.6) is 0 Å². The van der Waals surface area contributed by atoms with Crippen molar-refractivity contribution in [2.75, 3.05) is 0 Å². The SMILES string of the molecule is CC1(C(=O)NCc2ccon2)CC1. The van der Waals surface area contributed by atoms with Crippen molar-refractivity contribution in [1.82, 2.24) is 10.5 Å². The van der Waals surface area contributed by atoms with Crippen molar-refractivity contribution in [3.63, 3.8) is 0 Å². The summed E-state index contributed by atoms with van der Waals surface area (Å²) in [6.45, 7) is 2.44. The number of nitrogens with zero attached hydrogens (tertiary/aromatic N) is 1. The monoisotopic (exact) mass is 180 g/mol. The maximum atomic E-state index is 11.5. The number of hydrogen-bond acceptors (Lipinski definition) is 3. The Kier molecular flexibility index (Phi) is 1.83. The van der Waals surface area contributed by atoms with Gasteiger partial charge in [0.05, 0.1) is 6.54 Å². The topological polar surface area (TPSA) is 55.1 Å². The van der Waals surface area contributed by atoms with Gasteiger partial charge in [0, 0.05) is 11.5 Å². The fraction of sp³-hybridized carbons (Fsp3) is 0.556. The van der Waals surface area contributed by atoms with E-state index in [-0.39, 0.29) is 11.3 Å². The zero-order chi connectivity index (χ0) is 9.31. The second-order valence-electron chi connectivity index (χ2n) is 3.73. The molecular weight excluding hydrogens is 168 g/mol. The highest BCUT2D eigenvalue weighted by Crippen LogP contribution is 2.44. The smallest absolute Gasteiger partial charge is 0.226 e. The summed E-state index contributed by atoms with van der Waals surface area (Å²) in [6.07, 6.45) is 3.50. The zero-order valence-electron chi connectivity index (χ0n) is 7.54.